The van der Waals surface area contributed by atoms with Crippen LogP contribution in [0.15, 0.2) is 48.5 Å². The van der Waals surface area contributed by atoms with E-state index in [0.717, 1.165) is 11.3 Å². The van der Waals surface area contributed by atoms with Crippen LogP contribution >= 0.6 is 0 Å². The summed E-state index contributed by atoms with van der Waals surface area (Å²) >= 11 is 0. The van der Waals surface area contributed by atoms with E-state index < -0.39 is 0 Å². The molecule has 0 aliphatic rings. The lowest BCUT2D eigenvalue weighted by Crippen LogP contribution is -2.20. The van der Waals surface area contributed by atoms with Gasteiger partial charge in [-0.2, -0.15) is 0 Å². The minimum Gasteiger partial charge on any atom is -0.493 e. The molecule has 110 valence electrons. The molecule has 0 aromatic heterocycles. The third kappa shape index (κ3) is 4.22. The van der Waals surface area contributed by atoms with Crippen LogP contribution in [0.1, 0.15) is 5.56 Å². The van der Waals surface area contributed by atoms with E-state index in [1.54, 1.807) is 19.2 Å². The van der Waals surface area contributed by atoms with Crippen molar-refractivity contribution in [1.82, 2.24) is 0 Å². The number of nitrogens with two attached hydrogens (primary N) is 1. The van der Waals surface area contributed by atoms with Crippen molar-refractivity contribution in [2.75, 3.05) is 19.0 Å². The number of carbonyl (C=O) groups excluding carboxylic acids is 1. The average molecular weight is 286 g/mol. The third-order valence-electron chi connectivity index (χ3n) is 2.88. The summed E-state index contributed by atoms with van der Waals surface area (Å²) < 4.78 is 10.7. The fourth-order valence-electron chi connectivity index (χ4n) is 1.82. The zero-order valence-corrected chi connectivity index (χ0v) is 11.8. The lowest BCUT2D eigenvalue weighted by atomic mass is 10.2. The van der Waals surface area contributed by atoms with E-state index in [9.17, 15) is 4.79 Å². The molecule has 2 aromatic rings. The second-order valence-electron chi connectivity index (χ2n) is 4.39. The number of hydrogen-bond donors (Lipinski definition) is 2. The van der Waals surface area contributed by atoms with Gasteiger partial charge in [-0.25, -0.2) is 0 Å². The van der Waals surface area contributed by atoms with Crippen molar-refractivity contribution in [3.05, 3.63) is 54.1 Å². The van der Waals surface area contributed by atoms with Gasteiger partial charge in [0.05, 0.1) is 7.11 Å². The average Bonchev–Trinajstić information content (AvgIpc) is 2.53. The van der Waals surface area contributed by atoms with Gasteiger partial charge in [0.25, 0.3) is 5.91 Å². The summed E-state index contributed by atoms with van der Waals surface area (Å²) in [4.78, 5) is 11.8. The lowest BCUT2D eigenvalue weighted by molar-refractivity contribution is -0.118. The maximum absolute atomic E-state index is 11.8. The van der Waals surface area contributed by atoms with Crippen molar-refractivity contribution >= 4 is 11.6 Å². The summed E-state index contributed by atoms with van der Waals surface area (Å²) in [6.07, 6.45) is 0. The number of amides is 1. The normalized spacial score (nSPS) is 10.0. The van der Waals surface area contributed by atoms with Gasteiger partial charge in [-0.3, -0.25) is 4.79 Å². The summed E-state index contributed by atoms with van der Waals surface area (Å²) in [6, 6.07) is 14.6. The topological polar surface area (TPSA) is 73.6 Å². The smallest absolute Gasteiger partial charge is 0.262 e. The first-order valence-electron chi connectivity index (χ1n) is 6.57. The molecule has 2 aromatic carbocycles. The Balaban J connectivity index is 1.95. The van der Waals surface area contributed by atoms with Gasteiger partial charge in [-0.05, 0) is 29.8 Å². The van der Waals surface area contributed by atoms with Gasteiger partial charge in [0.2, 0.25) is 0 Å². The number of para-hydroxylation sites is 1. The molecule has 0 spiro atoms. The molecule has 0 saturated heterocycles. The molecule has 0 atom stereocenters. The molecular weight excluding hydrogens is 268 g/mol. The number of benzene rings is 2. The molecule has 5 nitrogen and oxygen atoms in total. The van der Waals surface area contributed by atoms with E-state index in [4.69, 9.17) is 15.2 Å². The number of rotatable bonds is 6. The Bertz CT molecular complexity index is 600. The summed E-state index contributed by atoms with van der Waals surface area (Å²) in [5.41, 5.74) is 7.24. The number of methoxy groups -OCH3 is 1. The summed E-state index contributed by atoms with van der Waals surface area (Å²) in [6.45, 7) is 0.332. The molecule has 0 heterocycles. The standard InChI is InChI=1S/C16H18N2O3/c1-20-15-9-12(10-17)7-8-14(15)21-11-16(19)18-13-5-3-2-4-6-13/h2-9H,10-11,17H2,1H3,(H,18,19). The van der Waals surface area contributed by atoms with E-state index in [2.05, 4.69) is 5.32 Å². The van der Waals surface area contributed by atoms with Gasteiger partial charge in [0.1, 0.15) is 0 Å². The van der Waals surface area contributed by atoms with Crippen LogP contribution in [0.25, 0.3) is 0 Å². The molecule has 0 bridgehead atoms. The molecule has 0 aliphatic carbocycles. The number of ether oxygens (including phenoxy) is 2. The molecule has 2 rings (SSSR count). The zero-order chi connectivity index (χ0) is 15.1. The molecule has 3 N–H and O–H groups in total. The molecule has 1 amide bonds. The zero-order valence-electron chi connectivity index (χ0n) is 11.8. The molecule has 0 fully saturated rings. The highest BCUT2D eigenvalue weighted by molar-refractivity contribution is 5.91. The van der Waals surface area contributed by atoms with Crippen LogP contribution in [0.3, 0.4) is 0 Å². The van der Waals surface area contributed by atoms with Gasteiger partial charge in [0, 0.05) is 12.2 Å². The molecule has 0 aliphatic heterocycles. The van der Waals surface area contributed by atoms with Crippen molar-refractivity contribution in [2.24, 2.45) is 5.73 Å². The molecule has 0 radical (unpaired) electrons. The Morgan fingerprint density at radius 3 is 2.57 bits per heavy atom. The van der Waals surface area contributed by atoms with Crippen molar-refractivity contribution in [1.29, 1.82) is 0 Å². The second-order valence-corrected chi connectivity index (χ2v) is 4.39. The lowest BCUT2D eigenvalue weighted by Gasteiger charge is -2.12. The third-order valence-corrected chi connectivity index (χ3v) is 2.88. The molecule has 21 heavy (non-hydrogen) atoms. The first kappa shape index (κ1) is 14.9. The monoisotopic (exact) mass is 286 g/mol. The van der Waals surface area contributed by atoms with Crippen molar-refractivity contribution in [3.8, 4) is 11.5 Å². The molecule has 5 heteroatoms. The highest BCUT2D eigenvalue weighted by atomic mass is 16.5. The van der Waals surface area contributed by atoms with Crippen LogP contribution in [0.2, 0.25) is 0 Å². The van der Waals surface area contributed by atoms with Gasteiger partial charge < -0.3 is 20.5 Å². The van der Waals surface area contributed by atoms with E-state index in [-0.39, 0.29) is 12.5 Å². The van der Waals surface area contributed by atoms with E-state index in [0.29, 0.717) is 18.0 Å². The van der Waals surface area contributed by atoms with Gasteiger partial charge in [-0.15, -0.1) is 0 Å². The van der Waals surface area contributed by atoms with Gasteiger partial charge >= 0.3 is 0 Å². The predicted molar refractivity (Wildman–Crippen MR) is 81.5 cm³/mol. The molecular formula is C16H18N2O3. The fourth-order valence-corrected chi connectivity index (χ4v) is 1.82. The number of hydrogen-bond acceptors (Lipinski definition) is 4. The number of carbonyl (C=O) groups is 1. The quantitative estimate of drug-likeness (QED) is 0.853. The van der Waals surface area contributed by atoms with E-state index in [1.165, 1.54) is 0 Å². The number of anilines is 1. The summed E-state index contributed by atoms with van der Waals surface area (Å²) in [5, 5.41) is 2.75. The van der Waals surface area contributed by atoms with Crippen molar-refractivity contribution in [2.45, 2.75) is 6.54 Å². The largest absolute Gasteiger partial charge is 0.493 e. The van der Waals surface area contributed by atoms with E-state index in [1.807, 2.05) is 36.4 Å². The summed E-state index contributed by atoms with van der Waals surface area (Å²) in [5.74, 6) is 0.842. The van der Waals surface area contributed by atoms with Crippen LogP contribution in [0.5, 0.6) is 11.5 Å². The second kappa shape index (κ2) is 7.31. The Morgan fingerprint density at radius 2 is 1.90 bits per heavy atom. The maximum Gasteiger partial charge on any atom is 0.262 e. The SMILES string of the molecule is COc1cc(CN)ccc1OCC(=O)Nc1ccccc1. The minimum atomic E-state index is -0.230. The first-order valence-corrected chi connectivity index (χ1v) is 6.57. The molecule has 0 saturated carbocycles. The Labute approximate surface area is 123 Å². The minimum absolute atomic E-state index is 0.0901. The van der Waals surface area contributed by atoms with Crippen molar-refractivity contribution < 1.29 is 14.3 Å². The predicted octanol–water partition coefficient (Wildman–Crippen LogP) is 2.17. The van der Waals surface area contributed by atoms with Crippen molar-refractivity contribution in [3.63, 3.8) is 0 Å². The van der Waals surface area contributed by atoms with E-state index >= 15 is 0 Å². The van der Waals surface area contributed by atoms with Gasteiger partial charge in [-0.1, -0.05) is 24.3 Å². The first-order chi connectivity index (χ1) is 10.2. The van der Waals surface area contributed by atoms with Crippen LogP contribution in [0, 0.1) is 0 Å². The highest BCUT2D eigenvalue weighted by Gasteiger charge is 2.08. The number of nitrogens with one attached hydrogen (secondary N) is 1. The van der Waals surface area contributed by atoms with Crippen LogP contribution in [0.4, 0.5) is 5.69 Å². The Morgan fingerprint density at radius 1 is 1.14 bits per heavy atom. The Hall–Kier alpha value is -2.53. The van der Waals surface area contributed by atoms with Gasteiger partial charge in [0.15, 0.2) is 18.1 Å². The maximum atomic E-state index is 11.8. The van der Waals surface area contributed by atoms with Crippen LogP contribution in [-0.2, 0) is 11.3 Å². The van der Waals surface area contributed by atoms with Crippen LogP contribution < -0.4 is 20.5 Å². The fraction of sp³-hybridized carbons (Fsp3) is 0.188. The summed E-state index contributed by atoms with van der Waals surface area (Å²) in [7, 11) is 1.55. The highest BCUT2D eigenvalue weighted by Crippen LogP contribution is 2.27. The Kier molecular flexibility index (Phi) is 5.17. The van der Waals surface area contributed by atoms with Crippen LogP contribution in [-0.4, -0.2) is 19.6 Å². The molecule has 0 unspecified atom stereocenters.